The molecule has 3 aromatic rings. The molecule has 1 aromatic heterocycles. The number of amides is 1. The maximum Gasteiger partial charge on any atom is 0.228 e. The Hall–Kier alpha value is -3.18. The van der Waals surface area contributed by atoms with Gasteiger partial charge in [-0.1, -0.05) is 81.4 Å². The minimum absolute atomic E-state index is 0.0492. The number of methoxy groups -OCH3 is 1. The summed E-state index contributed by atoms with van der Waals surface area (Å²) >= 11 is 0. The first-order chi connectivity index (χ1) is 16.8. The molecule has 1 amide bonds. The van der Waals surface area contributed by atoms with Crippen LogP contribution in [-0.2, 0) is 23.2 Å². The normalized spacial score (nSPS) is 18.0. The Kier molecular flexibility index (Phi) is 7.56. The van der Waals surface area contributed by atoms with Gasteiger partial charge in [-0.15, -0.1) is 0 Å². The molecule has 0 bridgehead atoms. The van der Waals surface area contributed by atoms with Crippen molar-refractivity contribution in [2.45, 2.75) is 71.1 Å². The summed E-state index contributed by atoms with van der Waals surface area (Å²) in [6.45, 7) is 9.09. The Morgan fingerprint density at radius 2 is 1.71 bits per heavy atom. The molecule has 2 atom stereocenters. The Morgan fingerprint density at radius 3 is 2.40 bits per heavy atom. The van der Waals surface area contributed by atoms with Crippen molar-refractivity contribution in [2.24, 2.45) is 0 Å². The zero-order chi connectivity index (χ0) is 25.0. The van der Waals surface area contributed by atoms with Gasteiger partial charge in [-0.25, -0.2) is 4.98 Å². The van der Waals surface area contributed by atoms with Gasteiger partial charge in [-0.3, -0.25) is 10.1 Å². The molecular weight excluding hydrogens is 434 g/mol. The summed E-state index contributed by atoms with van der Waals surface area (Å²) in [4.78, 5) is 20.5. The van der Waals surface area contributed by atoms with Gasteiger partial charge in [0.05, 0.1) is 25.7 Å². The molecule has 0 saturated carbocycles. The minimum atomic E-state index is -0.0521. The summed E-state index contributed by atoms with van der Waals surface area (Å²) < 4.78 is 5.62. The largest absolute Gasteiger partial charge is 0.481 e. The van der Waals surface area contributed by atoms with Crippen LogP contribution in [0.5, 0.6) is 5.88 Å². The maximum atomic E-state index is 13.7. The van der Waals surface area contributed by atoms with E-state index in [1.807, 2.05) is 30.3 Å². The molecule has 0 radical (unpaired) electrons. The van der Waals surface area contributed by atoms with E-state index in [1.165, 1.54) is 5.56 Å². The maximum absolute atomic E-state index is 13.7. The van der Waals surface area contributed by atoms with Crippen molar-refractivity contribution in [3.8, 4) is 5.88 Å². The lowest BCUT2D eigenvalue weighted by molar-refractivity contribution is -0.134. The van der Waals surface area contributed by atoms with Crippen LogP contribution in [0.25, 0.3) is 0 Å². The standard InChI is InChI=1S/C30H37N3O2/c1-21-11-9-10-14-23(21)19-28(34)33-25(22-12-7-6-8-13-22)16-18-27(33)31-20-24-15-17-26(30(2,3)4)32-29(24)35-5/h6-15,17,25,27,31H,16,18-20H2,1-5H3. The molecule has 1 aliphatic heterocycles. The molecular formula is C30H37N3O2. The van der Waals surface area contributed by atoms with Crippen LogP contribution in [-0.4, -0.2) is 29.1 Å². The molecule has 184 valence electrons. The molecule has 5 nitrogen and oxygen atoms in total. The van der Waals surface area contributed by atoms with Gasteiger partial charge in [-0.2, -0.15) is 0 Å². The highest BCUT2D eigenvalue weighted by atomic mass is 16.5. The molecule has 1 fully saturated rings. The third kappa shape index (κ3) is 5.73. The number of aromatic nitrogens is 1. The number of carbonyl (C=O) groups is 1. The van der Waals surface area contributed by atoms with Gasteiger partial charge in [0.25, 0.3) is 0 Å². The summed E-state index contributed by atoms with van der Waals surface area (Å²) in [5.41, 5.74) is 5.36. The van der Waals surface area contributed by atoms with Gasteiger partial charge >= 0.3 is 0 Å². The van der Waals surface area contributed by atoms with Gasteiger partial charge in [0.1, 0.15) is 0 Å². The van der Waals surface area contributed by atoms with Gasteiger partial charge in [0.15, 0.2) is 0 Å². The number of ether oxygens (including phenoxy) is 1. The van der Waals surface area contributed by atoms with E-state index in [-0.39, 0.29) is 23.5 Å². The third-order valence-electron chi connectivity index (χ3n) is 6.89. The Labute approximate surface area is 209 Å². The van der Waals surface area contributed by atoms with Crippen molar-refractivity contribution in [2.75, 3.05) is 7.11 Å². The zero-order valence-electron chi connectivity index (χ0n) is 21.5. The van der Waals surface area contributed by atoms with Crippen molar-refractivity contribution in [1.29, 1.82) is 0 Å². The molecule has 4 rings (SSSR count). The fourth-order valence-corrected chi connectivity index (χ4v) is 4.85. The van der Waals surface area contributed by atoms with Crippen molar-refractivity contribution in [3.05, 3.63) is 94.7 Å². The Balaban J connectivity index is 1.56. The molecule has 35 heavy (non-hydrogen) atoms. The summed E-state index contributed by atoms with van der Waals surface area (Å²) in [6.07, 6.45) is 2.18. The van der Waals surface area contributed by atoms with E-state index < -0.39 is 0 Å². The number of likely N-dealkylation sites (tertiary alicyclic amines) is 1. The molecule has 2 aromatic carbocycles. The topological polar surface area (TPSA) is 54.5 Å². The van der Waals surface area contributed by atoms with E-state index in [4.69, 9.17) is 9.72 Å². The van der Waals surface area contributed by atoms with Crippen LogP contribution < -0.4 is 10.1 Å². The molecule has 0 spiro atoms. The summed E-state index contributed by atoms with van der Waals surface area (Å²) in [6, 6.07) is 22.7. The highest BCUT2D eigenvalue weighted by Crippen LogP contribution is 2.36. The number of benzene rings is 2. The minimum Gasteiger partial charge on any atom is -0.481 e. The van der Waals surface area contributed by atoms with Crippen molar-refractivity contribution >= 4 is 5.91 Å². The van der Waals surface area contributed by atoms with Crippen molar-refractivity contribution in [3.63, 3.8) is 0 Å². The van der Waals surface area contributed by atoms with Crippen LogP contribution >= 0.6 is 0 Å². The smallest absolute Gasteiger partial charge is 0.228 e. The average molecular weight is 472 g/mol. The number of carbonyl (C=O) groups excluding carboxylic acids is 1. The van der Waals surface area contributed by atoms with Crippen LogP contribution in [0, 0.1) is 6.92 Å². The first-order valence-corrected chi connectivity index (χ1v) is 12.5. The summed E-state index contributed by atoms with van der Waals surface area (Å²) in [7, 11) is 1.66. The van der Waals surface area contributed by atoms with Crippen LogP contribution in [0.2, 0.25) is 0 Å². The first kappa shape index (κ1) is 24.9. The number of nitrogens with zero attached hydrogens (tertiary/aromatic N) is 2. The monoisotopic (exact) mass is 471 g/mol. The molecule has 2 unspecified atom stereocenters. The molecule has 0 aliphatic carbocycles. The lowest BCUT2D eigenvalue weighted by Crippen LogP contribution is -2.46. The first-order valence-electron chi connectivity index (χ1n) is 12.5. The number of hydrogen-bond donors (Lipinski definition) is 1. The van der Waals surface area contributed by atoms with Crippen molar-refractivity contribution < 1.29 is 9.53 Å². The average Bonchev–Trinajstić information content (AvgIpc) is 3.28. The van der Waals surface area contributed by atoms with Crippen LogP contribution in [0.15, 0.2) is 66.7 Å². The van der Waals surface area contributed by atoms with E-state index in [0.717, 1.165) is 35.2 Å². The van der Waals surface area contributed by atoms with E-state index in [1.54, 1.807) is 7.11 Å². The lowest BCUT2D eigenvalue weighted by atomic mass is 9.91. The number of pyridine rings is 1. The predicted octanol–water partition coefficient (Wildman–Crippen LogP) is 5.72. The van der Waals surface area contributed by atoms with Crippen LogP contribution in [0.1, 0.15) is 67.6 Å². The van der Waals surface area contributed by atoms with E-state index in [9.17, 15) is 4.79 Å². The van der Waals surface area contributed by atoms with Crippen molar-refractivity contribution in [1.82, 2.24) is 15.2 Å². The Morgan fingerprint density at radius 1 is 1.00 bits per heavy atom. The fraction of sp³-hybridized carbons (Fsp3) is 0.400. The van der Waals surface area contributed by atoms with E-state index in [0.29, 0.717) is 18.8 Å². The number of nitrogens with one attached hydrogen (secondary N) is 1. The Bertz CT molecular complexity index is 1150. The third-order valence-corrected chi connectivity index (χ3v) is 6.89. The summed E-state index contributed by atoms with van der Waals surface area (Å²) in [5, 5.41) is 3.65. The predicted molar refractivity (Wildman–Crippen MR) is 140 cm³/mol. The molecule has 5 heteroatoms. The number of aryl methyl sites for hydroxylation is 1. The van der Waals surface area contributed by atoms with E-state index >= 15 is 0 Å². The summed E-state index contributed by atoms with van der Waals surface area (Å²) in [5.74, 6) is 0.789. The second kappa shape index (κ2) is 10.6. The molecule has 1 N–H and O–H groups in total. The van der Waals surface area contributed by atoms with Gasteiger partial charge in [-0.05, 0) is 42.5 Å². The highest BCUT2D eigenvalue weighted by molar-refractivity contribution is 5.80. The second-order valence-electron chi connectivity index (χ2n) is 10.4. The van der Waals surface area contributed by atoms with Gasteiger partial charge < -0.3 is 9.64 Å². The van der Waals surface area contributed by atoms with Crippen LogP contribution in [0.4, 0.5) is 0 Å². The van der Waals surface area contributed by atoms with Crippen LogP contribution in [0.3, 0.4) is 0 Å². The van der Waals surface area contributed by atoms with E-state index in [2.05, 4.69) is 74.3 Å². The molecule has 1 saturated heterocycles. The lowest BCUT2D eigenvalue weighted by Gasteiger charge is -2.32. The second-order valence-corrected chi connectivity index (χ2v) is 10.4. The quantitative estimate of drug-likeness (QED) is 0.479. The highest BCUT2D eigenvalue weighted by Gasteiger charge is 2.37. The molecule has 2 heterocycles. The zero-order valence-corrected chi connectivity index (χ0v) is 21.5. The SMILES string of the molecule is COc1nc(C(C)(C)C)ccc1CNC1CCC(c2ccccc2)N1C(=O)Cc1ccccc1C. The number of hydrogen-bond acceptors (Lipinski definition) is 4. The molecule has 1 aliphatic rings. The fourth-order valence-electron chi connectivity index (χ4n) is 4.85. The van der Waals surface area contributed by atoms with Gasteiger partial charge in [0, 0.05) is 23.2 Å². The number of rotatable bonds is 7. The van der Waals surface area contributed by atoms with Gasteiger partial charge in [0.2, 0.25) is 11.8 Å².